The summed E-state index contributed by atoms with van der Waals surface area (Å²) in [5.41, 5.74) is 2.67. The van der Waals surface area contributed by atoms with Gasteiger partial charge in [0.1, 0.15) is 0 Å². The number of benzene rings is 1. The average Bonchev–Trinajstić information content (AvgIpc) is 2.17. The van der Waals surface area contributed by atoms with Gasteiger partial charge in [-0.05, 0) is 23.1 Å². The van der Waals surface area contributed by atoms with Crippen LogP contribution < -0.4 is 0 Å². The highest BCUT2D eigenvalue weighted by atomic mass is 14.3. The van der Waals surface area contributed by atoms with E-state index >= 15 is 0 Å². The highest BCUT2D eigenvalue weighted by Gasteiger charge is 2.10. The van der Waals surface area contributed by atoms with Crippen molar-refractivity contribution in [1.82, 2.24) is 0 Å². The normalized spacial score (nSPS) is 9.50. The molecule has 1 aromatic carbocycles. The summed E-state index contributed by atoms with van der Waals surface area (Å²) in [6.07, 6.45) is 0.378. The summed E-state index contributed by atoms with van der Waals surface area (Å²) < 4.78 is 0. The second kappa shape index (κ2) is 4.44. The molecular weight excluding hydrogens is 172 g/mol. The van der Waals surface area contributed by atoms with E-state index in [0.717, 1.165) is 11.1 Å². The van der Waals surface area contributed by atoms with Crippen LogP contribution in [0.1, 0.15) is 36.5 Å². The lowest BCUT2D eigenvalue weighted by Crippen LogP contribution is -1.99. The molecule has 0 bridgehead atoms. The molecule has 1 aromatic rings. The lowest BCUT2D eigenvalue weighted by molar-refractivity contribution is 0.847. The Kier molecular flexibility index (Phi) is 3.26. The van der Waals surface area contributed by atoms with E-state index in [9.17, 15) is 0 Å². The molecule has 2 heteroatoms. The predicted octanol–water partition coefficient (Wildman–Crippen LogP) is 2.75. The minimum atomic E-state index is 0.286. The van der Waals surface area contributed by atoms with E-state index in [4.69, 9.17) is 10.5 Å². The Morgan fingerprint density at radius 3 is 2.50 bits per heavy atom. The maximum Gasteiger partial charge on any atom is 0.0994 e. The first-order valence-corrected chi connectivity index (χ1v) is 4.59. The largest absolute Gasteiger partial charge is 0.198 e. The van der Waals surface area contributed by atoms with Gasteiger partial charge in [-0.3, -0.25) is 0 Å². The van der Waals surface area contributed by atoms with Crippen LogP contribution in [0.15, 0.2) is 18.2 Å². The molecule has 0 aromatic heterocycles. The van der Waals surface area contributed by atoms with Gasteiger partial charge in [0, 0.05) is 0 Å². The Morgan fingerprint density at radius 1 is 1.29 bits per heavy atom. The van der Waals surface area contributed by atoms with Crippen LogP contribution in [0.2, 0.25) is 0 Å². The van der Waals surface area contributed by atoms with E-state index in [2.05, 4.69) is 12.1 Å². The van der Waals surface area contributed by atoms with Crippen molar-refractivity contribution in [3.05, 3.63) is 34.9 Å². The molecule has 0 spiro atoms. The molecule has 70 valence electrons. The number of nitrogens with zero attached hydrogens (tertiary/aromatic N) is 2. The van der Waals surface area contributed by atoms with Crippen molar-refractivity contribution in [3.8, 4) is 12.1 Å². The molecule has 0 aliphatic heterocycles. The van der Waals surface area contributed by atoms with Crippen molar-refractivity contribution >= 4 is 0 Å². The second-order valence-electron chi connectivity index (χ2n) is 3.48. The Balaban J connectivity index is 3.31. The molecule has 0 radical (unpaired) electrons. The molecule has 14 heavy (non-hydrogen) atoms. The summed E-state index contributed by atoms with van der Waals surface area (Å²) >= 11 is 0. The Labute approximate surface area is 84.4 Å². The predicted molar refractivity (Wildman–Crippen MR) is 54.6 cm³/mol. The molecule has 0 amide bonds. The first-order chi connectivity index (χ1) is 6.70. The number of hydrogen-bond donors (Lipinski definition) is 0. The fourth-order valence-electron chi connectivity index (χ4n) is 1.63. The van der Waals surface area contributed by atoms with E-state index in [1.165, 1.54) is 0 Å². The van der Waals surface area contributed by atoms with Crippen molar-refractivity contribution in [2.24, 2.45) is 0 Å². The zero-order valence-electron chi connectivity index (χ0n) is 8.41. The molecule has 0 unspecified atom stereocenters. The highest BCUT2D eigenvalue weighted by molar-refractivity contribution is 5.45. The minimum Gasteiger partial charge on any atom is -0.198 e. The van der Waals surface area contributed by atoms with Gasteiger partial charge in [0.2, 0.25) is 0 Å². The molecule has 2 nitrogen and oxygen atoms in total. The monoisotopic (exact) mass is 184 g/mol. The Bertz CT molecular complexity index is 405. The van der Waals surface area contributed by atoms with Crippen LogP contribution in [0, 0.1) is 22.7 Å². The number of rotatable bonds is 2. The van der Waals surface area contributed by atoms with Crippen molar-refractivity contribution in [2.45, 2.75) is 26.2 Å². The van der Waals surface area contributed by atoms with Gasteiger partial charge in [0.15, 0.2) is 0 Å². The standard InChI is InChI=1S/C12H12N2/c1-9(2)12-10(6-7-13)4-3-5-11(12)8-14/h3-5,9H,6H2,1-2H3. The Hall–Kier alpha value is -1.80. The van der Waals surface area contributed by atoms with E-state index in [1.54, 1.807) is 6.07 Å². The van der Waals surface area contributed by atoms with Crippen LogP contribution in [-0.2, 0) is 6.42 Å². The first-order valence-electron chi connectivity index (χ1n) is 4.59. The molecule has 1 rings (SSSR count). The lowest BCUT2D eigenvalue weighted by atomic mass is 9.91. The van der Waals surface area contributed by atoms with Crippen LogP contribution in [0.5, 0.6) is 0 Å². The minimum absolute atomic E-state index is 0.286. The quantitative estimate of drug-likeness (QED) is 0.709. The summed E-state index contributed by atoms with van der Waals surface area (Å²) in [5.74, 6) is 0.286. The third-order valence-electron chi connectivity index (χ3n) is 2.16. The van der Waals surface area contributed by atoms with Crippen molar-refractivity contribution < 1.29 is 0 Å². The van der Waals surface area contributed by atoms with Crippen LogP contribution in [0.25, 0.3) is 0 Å². The van der Waals surface area contributed by atoms with E-state index < -0.39 is 0 Å². The van der Waals surface area contributed by atoms with E-state index in [0.29, 0.717) is 12.0 Å². The van der Waals surface area contributed by atoms with E-state index in [1.807, 2.05) is 26.0 Å². The van der Waals surface area contributed by atoms with Crippen molar-refractivity contribution in [2.75, 3.05) is 0 Å². The van der Waals surface area contributed by atoms with Gasteiger partial charge in [-0.25, -0.2) is 0 Å². The summed E-state index contributed by atoms with van der Waals surface area (Å²) in [5, 5.41) is 17.6. The number of nitriles is 2. The summed E-state index contributed by atoms with van der Waals surface area (Å²) in [6.45, 7) is 4.08. The number of hydrogen-bond acceptors (Lipinski definition) is 2. The average molecular weight is 184 g/mol. The molecule has 0 heterocycles. The topological polar surface area (TPSA) is 47.6 Å². The third kappa shape index (κ3) is 1.92. The Morgan fingerprint density at radius 2 is 2.00 bits per heavy atom. The van der Waals surface area contributed by atoms with Crippen molar-refractivity contribution in [1.29, 1.82) is 10.5 Å². The van der Waals surface area contributed by atoms with Crippen LogP contribution in [0.3, 0.4) is 0 Å². The van der Waals surface area contributed by atoms with Gasteiger partial charge >= 0.3 is 0 Å². The lowest BCUT2D eigenvalue weighted by Gasteiger charge is -2.11. The summed E-state index contributed by atoms with van der Waals surface area (Å²) in [4.78, 5) is 0. The maximum atomic E-state index is 8.93. The molecule has 0 aliphatic rings. The molecular formula is C12H12N2. The van der Waals surface area contributed by atoms with Gasteiger partial charge in [0.25, 0.3) is 0 Å². The summed E-state index contributed by atoms with van der Waals surface area (Å²) in [6, 6.07) is 9.84. The maximum absolute atomic E-state index is 8.93. The zero-order chi connectivity index (χ0) is 10.6. The molecule has 0 fully saturated rings. The van der Waals surface area contributed by atoms with E-state index in [-0.39, 0.29) is 5.92 Å². The third-order valence-corrected chi connectivity index (χ3v) is 2.16. The molecule has 0 aliphatic carbocycles. The van der Waals surface area contributed by atoms with Crippen molar-refractivity contribution in [3.63, 3.8) is 0 Å². The smallest absolute Gasteiger partial charge is 0.0994 e. The first kappa shape index (κ1) is 10.3. The van der Waals surface area contributed by atoms with Crippen LogP contribution in [0.4, 0.5) is 0 Å². The van der Waals surface area contributed by atoms with Crippen LogP contribution >= 0.6 is 0 Å². The fraction of sp³-hybridized carbons (Fsp3) is 0.333. The van der Waals surface area contributed by atoms with Gasteiger partial charge in [-0.1, -0.05) is 26.0 Å². The van der Waals surface area contributed by atoms with Gasteiger partial charge in [0.05, 0.1) is 24.1 Å². The van der Waals surface area contributed by atoms with Gasteiger partial charge < -0.3 is 0 Å². The summed E-state index contributed by atoms with van der Waals surface area (Å²) in [7, 11) is 0. The molecule has 0 N–H and O–H groups in total. The zero-order valence-corrected chi connectivity index (χ0v) is 8.41. The highest BCUT2D eigenvalue weighted by Crippen LogP contribution is 2.23. The fourth-order valence-corrected chi connectivity index (χ4v) is 1.63. The molecule has 0 saturated heterocycles. The van der Waals surface area contributed by atoms with Gasteiger partial charge in [-0.2, -0.15) is 10.5 Å². The second-order valence-corrected chi connectivity index (χ2v) is 3.48. The van der Waals surface area contributed by atoms with Gasteiger partial charge in [-0.15, -0.1) is 0 Å². The SMILES string of the molecule is CC(C)c1c(C#N)cccc1CC#N. The molecule has 0 saturated carbocycles. The van der Waals surface area contributed by atoms with Crippen LogP contribution in [-0.4, -0.2) is 0 Å². The molecule has 0 atom stereocenters.